The van der Waals surface area contributed by atoms with E-state index < -0.39 is 35.2 Å². The molecule has 0 unspecified atom stereocenters. The monoisotopic (exact) mass is 416 g/mol. The lowest BCUT2D eigenvalue weighted by Gasteiger charge is -2.33. The molecule has 0 spiro atoms. The summed E-state index contributed by atoms with van der Waals surface area (Å²) in [5.41, 5.74) is -2.02. The number of benzene rings is 1. The molecule has 2 aromatic rings. The minimum Gasteiger partial charge on any atom is -0.362 e. The van der Waals surface area contributed by atoms with Crippen LogP contribution in [0.5, 0.6) is 0 Å². The molecule has 1 aromatic heterocycles. The minimum atomic E-state index is -4.57. The van der Waals surface area contributed by atoms with Gasteiger partial charge in [0.2, 0.25) is 0 Å². The molecule has 0 saturated heterocycles. The van der Waals surface area contributed by atoms with Crippen LogP contribution in [0.1, 0.15) is 42.2 Å². The number of anilines is 1. The zero-order valence-corrected chi connectivity index (χ0v) is 15.5. The predicted molar refractivity (Wildman–Crippen MR) is 95.6 cm³/mol. The van der Waals surface area contributed by atoms with Gasteiger partial charge in [0.1, 0.15) is 11.6 Å². The third-order valence-corrected chi connectivity index (χ3v) is 5.12. The Kier molecular flexibility index (Phi) is 5.47. The fraction of sp³-hybridized carbons (Fsp3) is 0.389. The normalized spacial score (nSPS) is 22.1. The van der Waals surface area contributed by atoms with Gasteiger partial charge in [-0.2, -0.15) is 13.2 Å². The summed E-state index contributed by atoms with van der Waals surface area (Å²) in [6.07, 6.45) is -0.931. The Bertz CT molecular complexity index is 855. The first-order chi connectivity index (χ1) is 13.1. The van der Waals surface area contributed by atoms with Crippen LogP contribution in [0.15, 0.2) is 30.6 Å². The van der Waals surface area contributed by atoms with Gasteiger partial charge in [0.05, 0.1) is 34.6 Å². The van der Waals surface area contributed by atoms with Crippen molar-refractivity contribution in [1.29, 1.82) is 0 Å². The van der Waals surface area contributed by atoms with Crippen LogP contribution in [0.25, 0.3) is 0 Å². The van der Waals surface area contributed by atoms with Crippen LogP contribution in [0.4, 0.5) is 23.4 Å². The molecule has 1 aliphatic rings. The second-order valence-corrected chi connectivity index (χ2v) is 7.25. The van der Waals surface area contributed by atoms with Crippen molar-refractivity contribution in [2.45, 2.75) is 43.9 Å². The van der Waals surface area contributed by atoms with E-state index >= 15 is 0 Å². The molecule has 1 heterocycles. The van der Waals surface area contributed by atoms with Gasteiger partial charge in [-0.25, -0.2) is 14.4 Å². The molecule has 2 atom stereocenters. The third-order valence-electron chi connectivity index (χ3n) is 4.81. The Labute approximate surface area is 163 Å². The molecule has 2 N–H and O–H groups in total. The number of nitrogens with one attached hydrogen (secondary N) is 2. The van der Waals surface area contributed by atoms with E-state index in [-0.39, 0.29) is 16.4 Å². The van der Waals surface area contributed by atoms with Crippen molar-refractivity contribution in [2.75, 3.05) is 5.32 Å². The van der Waals surface area contributed by atoms with Crippen molar-refractivity contribution in [3.63, 3.8) is 0 Å². The van der Waals surface area contributed by atoms with Crippen LogP contribution in [0, 0.1) is 5.82 Å². The van der Waals surface area contributed by atoms with Crippen LogP contribution < -0.4 is 10.6 Å². The molecule has 1 amide bonds. The van der Waals surface area contributed by atoms with Crippen molar-refractivity contribution in [2.24, 2.45) is 0 Å². The van der Waals surface area contributed by atoms with E-state index in [0.29, 0.717) is 19.0 Å². The average molecular weight is 417 g/mol. The summed E-state index contributed by atoms with van der Waals surface area (Å²) < 4.78 is 51.8. The average Bonchev–Trinajstić information content (AvgIpc) is 2.94. The molecule has 1 aromatic carbocycles. The maximum absolute atomic E-state index is 14.0. The SMILES string of the molecule is C[C@]1(Nc2cnc(C(F)(F)F)cn2)CCC[C@@H]1NC(=O)c1c(F)cccc1Cl. The number of carbonyl (C=O) groups excluding carboxylic acids is 1. The second kappa shape index (κ2) is 7.54. The van der Waals surface area contributed by atoms with E-state index in [4.69, 9.17) is 11.6 Å². The fourth-order valence-electron chi connectivity index (χ4n) is 3.32. The third kappa shape index (κ3) is 4.19. The molecule has 5 nitrogen and oxygen atoms in total. The molecule has 1 fully saturated rings. The number of alkyl halides is 3. The molecular formula is C18H17ClF4N4O. The van der Waals surface area contributed by atoms with Crippen molar-refractivity contribution in [3.8, 4) is 0 Å². The Morgan fingerprint density at radius 1 is 1.29 bits per heavy atom. The van der Waals surface area contributed by atoms with E-state index in [0.717, 1.165) is 18.7 Å². The fourth-order valence-corrected chi connectivity index (χ4v) is 3.57. The molecule has 0 aliphatic heterocycles. The van der Waals surface area contributed by atoms with Crippen molar-refractivity contribution in [1.82, 2.24) is 15.3 Å². The van der Waals surface area contributed by atoms with Crippen LogP contribution >= 0.6 is 11.6 Å². The number of hydrogen-bond donors (Lipinski definition) is 2. The number of hydrogen-bond acceptors (Lipinski definition) is 4. The van der Waals surface area contributed by atoms with Gasteiger partial charge >= 0.3 is 6.18 Å². The van der Waals surface area contributed by atoms with E-state index in [1.807, 2.05) is 6.92 Å². The number of nitrogens with zero attached hydrogens (tertiary/aromatic N) is 2. The number of amides is 1. The van der Waals surface area contributed by atoms with Gasteiger partial charge < -0.3 is 10.6 Å². The quantitative estimate of drug-likeness (QED) is 0.723. The lowest BCUT2D eigenvalue weighted by molar-refractivity contribution is -0.141. The van der Waals surface area contributed by atoms with Gasteiger partial charge in [-0.15, -0.1) is 0 Å². The molecule has 0 radical (unpaired) electrons. The first-order valence-electron chi connectivity index (χ1n) is 8.52. The number of halogens is 5. The molecule has 0 bridgehead atoms. The Morgan fingerprint density at radius 2 is 2.04 bits per heavy atom. The summed E-state index contributed by atoms with van der Waals surface area (Å²) in [5, 5.41) is 5.82. The lowest BCUT2D eigenvalue weighted by atomic mass is 9.95. The number of aromatic nitrogens is 2. The van der Waals surface area contributed by atoms with Crippen LogP contribution in [-0.4, -0.2) is 27.5 Å². The summed E-state index contributed by atoms with van der Waals surface area (Å²) >= 11 is 5.94. The zero-order valence-electron chi connectivity index (χ0n) is 14.8. The Morgan fingerprint density at radius 3 is 2.64 bits per heavy atom. The Hall–Kier alpha value is -2.42. The van der Waals surface area contributed by atoms with E-state index in [9.17, 15) is 22.4 Å². The van der Waals surface area contributed by atoms with Crippen LogP contribution in [0.3, 0.4) is 0 Å². The summed E-state index contributed by atoms with van der Waals surface area (Å²) in [4.78, 5) is 19.7. The summed E-state index contributed by atoms with van der Waals surface area (Å²) in [6.45, 7) is 1.81. The topological polar surface area (TPSA) is 66.9 Å². The molecule has 10 heteroatoms. The van der Waals surface area contributed by atoms with Gasteiger partial charge in [-0.3, -0.25) is 4.79 Å². The number of carbonyl (C=O) groups is 1. The zero-order chi connectivity index (χ0) is 20.5. The molecular weight excluding hydrogens is 400 g/mol. The van der Waals surface area contributed by atoms with E-state index in [1.165, 1.54) is 12.1 Å². The van der Waals surface area contributed by atoms with Crippen LogP contribution in [-0.2, 0) is 6.18 Å². The van der Waals surface area contributed by atoms with Gasteiger partial charge in [-0.05, 0) is 38.3 Å². The first-order valence-corrected chi connectivity index (χ1v) is 8.90. The highest BCUT2D eigenvalue weighted by Gasteiger charge is 2.41. The van der Waals surface area contributed by atoms with Crippen molar-refractivity contribution in [3.05, 3.63) is 52.7 Å². The number of rotatable bonds is 4. The van der Waals surface area contributed by atoms with Gasteiger partial charge in [0, 0.05) is 0 Å². The summed E-state index contributed by atoms with van der Waals surface area (Å²) in [7, 11) is 0. The smallest absolute Gasteiger partial charge is 0.362 e. The minimum absolute atomic E-state index is 0.00114. The van der Waals surface area contributed by atoms with Gasteiger partial charge in [0.15, 0.2) is 5.69 Å². The maximum atomic E-state index is 14.0. The van der Waals surface area contributed by atoms with Gasteiger partial charge in [0.25, 0.3) is 5.91 Å². The summed E-state index contributed by atoms with van der Waals surface area (Å²) in [5.74, 6) is -1.23. The van der Waals surface area contributed by atoms with E-state index in [1.54, 1.807) is 0 Å². The molecule has 3 rings (SSSR count). The standard InChI is InChI=1S/C18H17ClF4N4O/c1-17(27-14-9-24-13(8-25-14)18(21,22)23)7-3-6-12(17)26-16(28)15-10(19)4-2-5-11(15)20/h2,4-5,8-9,12H,3,6-7H2,1H3,(H,25,27)(H,26,28)/t12-,17-/m0/s1. The first kappa shape index (κ1) is 20.3. The highest BCUT2D eigenvalue weighted by atomic mass is 35.5. The molecule has 1 aliphatic carbocycles. The van der Waals surface area contributed by atoms with E-state index in [2.05, 4.69) is 20.6 Å². The highest BCUT2D eigenvalue weighted by molar-refractivity contribution is 6.33. The second-order valence-electron chi connectivity index (χ2n) is 6.84. The Balaban J connectivity index is 1.75. The molecule has 1 saturated carbocycles. The van der Waals surface area contributed by atoms with Crippen molar-refractivity contribution >= 4 is 23.3 Å². The maximum Gasteiger partial charge on any atom is 0.434 e. The van der Waals surface area contributed by atoms with Crippen LogP contribution in [0.2, 0.25) is 5.02 Å². The van der Waals surface area contributed by atoms with Crippen molar-refractivity contribution < 1.29 is 22.4 Å². The van der Waals surface area contributed by atoms with Gasteiger partial charge in [-0.1, -0.05) is 17.7 Å². The largest absolute Gasteiger partial charge is 0.434 e. The predicted octanol–water partition coefficient (Wildman–Crippen LogP) is 4.44. The molecule has 28 heavy (non-hydrogen) atoms. The summed E-state index contributed by atoms with van der Waals surface area (Å²) in [6, 6.07) is 3.56. The highest BCUT2D eigenvalue weighted by Crippen LogP contribution is 2.34. The lowest BCUT2D eigenvalue weighted by Crippen LogP contribution is -2.52. The molecule has 150 valence electrons.